The molecular formula is C29H29NO5. The van der Waals surface area contributed by atoms with Crippen LogP contribution in [0.1, 0.15) is 42.1 Å². The molecule has 1 fully saturated rings. The SMILES string of the molecule is CCOc1ccc(/C(O)=C2\C(=O)C(=O)N(c3ccc(C)cc3)C2c2ccccc2C)c(OCC)c1. The second-order valence-electron chi connectivity index (χ2n) is 8.39. The molecule has 4 rings (SSSR count). The minimum absolute atomic E-state index is 0.0231. The third kappa shape index (κ3) is 4.52. The normalized spacial score (nSPS) is 17.0. The summed E-state index contributed by atoms with van der Waals surface area (Å²) in [5, 5.41) is 11.5. The van der Waals surface area contributed by atoms with Crippen LogP contribution < -0.4 is 14.4 Å². The van der Waals surface area contributed by atoms with Gasteiger partial charge in [-0.25, -0.2) is 0 Å². The molecule has 1 aliphatic heterocycles. The van der Waals surface area contributed by atoms with Crippen molar-refractivity contribution < 1.29 is 24.2 Å². The lowest BCUT2D eigenvalue weighted by Gasteiger charge is -2.27. The molecule has 1 atom stereocenters. The molecule has 1 aliphatic rings. The highest BCUT2D eigenvalue weighted by atomic mass is 16.5. The van der Waals surface area contributed by atoms with Gasteiger partial charge in [-0.1, -0.05) is 42.0 Å². The first-order valence-corrected chi connectivity index (χ1v) is 11.7. The van der Waals surface area contributed by atoms with Crippen LogP contribution in [-0.2, 0) is 9.59 Å². The lowest BCUT2D eigenvalue weighted by Crippen LogP contribution is -2.29. The van der Waals surface area contributed by atoms with Gasteiger partial charge in [0.05, 0.1) is 30.4 Å². The summed E-state index contributed by atoms with van der Waals surface area (Å²) in [4.78, 5) is 28.3. The summed E-state index contributed by atoms with van der Waals surface area (Å²) in [6, 6.07) is 19.2. The van der Waals surface area contributed by atoms with E-state index < -0.39 is 17.7 Å². The number of carbonyl (C=O) groups excluding carboxylic acids is 2. The van der Waals surface area contributed by atoms with Crippen molar-refractivity contribution in [2.24, 2.45) is 0 Å². The van der Waals surface area contributed by atoms with Gasteiger partial charge in [0, 0.05) is 11.8 Å². The highest BCUT2D eigenvalue weighted by Crippen LogP contribution is 2.44. The Hall–Kier alpha value is -4.06. The number of hydrogen-bond acceptors (Lipinski definition) is 5. The number of hydrogen-bond donors (Lipinski definition) is 1. The van der Waals surface area contributed by atoms with Crippen LogP contribution in [-0.4, -0.2) is 30.0 Å². The highest BCUT2D eigenvalue weighted by Gasteiger charge is 2.47. The maximum Gasteiger partial charge on any atom is 0.300 e. The van der Waals surface area contributed by atoms with Crippen LogP contribution in [0.25, 0.3) is 5.76 Å². The third-order valence-electron chi connectivity index (χ3n) is 6.06. The molecule has 3 aromatic rings. The van der Waals surface area contributed by atoms with E-state index in [1.54, 1.807) is 18.2 Å². The average Bonchev–Trinajstić information content (AvgIpc) is 3.10. The number of aliphatic hydroxyl groups excluding tert-OH is 1. The zero-order valence-corrected chi connectivity index (χ0v) is 20.4. The van der Waals surface area contributed by atoms with E-state index in [0.717, 1.165) is 16.7 Å². The fourth-order valence-electron chi connectivity index (χ4n) is 4.37. The molecule has 3 aromatic carbocycles. The Balaban J connectivity index is 1.95. The van der Waals surface area contributed by atoms with Gasteiger partial charge < -0.3 is 14.6 Å². The first-order chi connectivity index (χ1) is 16.9. The van der Waals surface area contributed by atoms with Crippen molar-refractivity contribution in [1.82, 2.24) is 0 Å². The van der Waals surface area contributed by atoms with Crippen LogP contribution in [0, 0.1) is 13.8 Å². The van der Waals surface area contributed by atoms with Crippen LogP contribution in [0.4, 0.5) is 5.69 Å². The molecule has 1 amide bonds. The summed E-state index contributed by atoms with van der Waals surface area (Å²) in [7, 11) is 0. The molecule has 180 valence electrons. The van der Waals surface area contributed by atoms with E-state index in [4.69, 9.17) is 9.47 Å². The number of nitrogens with zero attached hydrogens (tertiary/aromatic N) is 1. The molecule has 0 spiro atoms. The zero-order chi connectivity index (χ0) is 25.1. The molecule has 6 nitrogen and oxygen atoms in total. The molecule has 6 heteroatoms. The van der Waals surface area contributed by atoms with E-state index in [9.17, 15) is 14.7 Å². The van der Waals surface area contributed by atoms with Gasteiger partial charge in [0.1, 0.15) is 17.3 Å². The Morgan fingerprint density at radius 3 is 2.26 bits per heavy atom. The first-order valence-electron chi connectivity index (χ1n) is 11.7. The summed E-state index contributed by atoms with van der Waals surface area (Å²) in [6.45, 7) is 8.43. The van der Waals surface area contributed by atoms with Crippen LogP contribution in [0.15, 0.2) is 72.3 Å². The summed E-state index contributed by atoms with van der Waals surface area (Å²) < 4.78 is 11.3. The lowest BCUT2D eigenvalue weighted by molar-refractivity contribution is -0.132. The van der Waals surface area contributed by atoms with Crippen LogP contribution in [0.3, 0.4) is 0 Å². The minimum Gasteiger partial charge on any atom is -0.507 e. The van der Waals surface area contributed by atoms with Gasteiger partial charge in [-0.2, -0.15) is 0 Å². The van der Waals surface area contributed by atoms with Crippen molar-refractivity contribution in [1.29, 1.82) is 0 Å². The number of ether oxygens (including phenoxy) is 2. The topological polar surface area (TPSA) is 76.1 Å². The molecule has 1 saturated heterocycles. The van der Waals surface area contributed by atoms with Crippen molar-refractivity contribution in [2.45, 2.75) is 33.7 Å². The number of aryl methyl sites for hydroxylation is 2. The quantitative estimate of drug-likeness (QED) is 0.271. The number of rotatable bonds is 7. The molecule has 0 aromatic heterocycles. The highest BCUT2D eigenvalue weighted by molar-refractivity contribution is 6.51. The molecule has 0 aliphatic carbocycles. The third-order valence-corrected chi connectivity index (χ3v) is 6.06. The molecule has 1 N–H and O–H groups in total. The van der Waals surface area contributed by atoms with Crippen LogP contribution in [0.5, 0.6) is 11.5 Å². The second-order valence-corrected chi connectivity index (χ2v) is 8.39. The van der Waals surface area contributed by atoms with Gasteiger partial charge in [0.25, 0.3) is 11.7 Å². The van der Waals surface area contributed by atoms with Crippen molar-refractivity contribution >= 4 is 23.1 Å². The molecule has 35 heavy (non-hydrogen) atoms. The van der Waals surface area contributed by atoms with Gasteiger partial charge in [-0.3, -0.25) is 14.5 Å². The van der Waals surface area contributed by atoms with Crippen molar-refractivity contribution in [3.8, 4) is 11.5 Å². The van der Waals surface area contributed by atoms with E-state index in [0.29, 0.717) is 36.0 Å². The number of carbonyl (C=O) groups is 2. The van der Waals surface area contributed by atoms with Crippen LogP contribution in [0.2, 0.25) is 0 Å². The zero-order valence-electron chi connectivity index (χ0n) is 20.4. The maximum atomic E-state index is 13.4. The van der Waals surface area contributed by atoms with E-state index in [1.807, 2.05) is 76.2 Å². The monoisotopic (exact) mass is 471 g/mol. The number of aliphatic hydroxyl groups is 1. The smallest absolute Gasteiger partial charge is 0.300 e. The average molecular weight is 472 g/mol. The molecular weight excluding hydrogens is 442 g/mol. The lowest BCUT2D eigenvalue weighted by atomic mass is 9.92. The van der Waals surface area contributed by atoms with Gasteiger partial charge in [-0.05, 0) is 63.1 Å². The number of ketones is 1. The van der Waals surface area contributed by atoms with Gasteiger partial charge in [0.15, 0.2) is 0 Å². The van der Waals surface area contributed by atoms with E-state index >= 15 is 0 Å². The summed E-state index contributed by atoms with van der Waals surface area (Å²) >= 11 is 0. The standard InChI is InChI=1S/C29H29NO5/c1-5-34-21-15-16-23(24(17-21)35-6-2)27(31)25-26(22-10-8-7-9-19(22)4)30(29(33)28(25)32)20-13-11-18(3)12-14-20/h7-17,26,31H,5-6H2,1-4H3/b27-25+. The van der Waals surface area contributed by atoms with Crippen molar-refractivity contribution in [3.63, 3.8) is 0 Å². The Kier molecular flexibility index (Phi) is 6.92. The summed E-state index contributed by atoms with van der Waals surface area (Å²) in [5.41, 5.74) is 3.64. The van der Waals surface area contributed by atoms with Gasteiger partial charge >= 0.3 is 0 Å². The van der Waals surface area contributed by atoms with E-state index in [2.05, 4.69) is 0 Å². The molecule has 1 heterocycles. The molecule has 0 radical (unpaired) electrons. The molecule has 0 bridgehead atoms. The van der Waals surface area contributed by atoms with E-state index in [-0.39, 0.29) is 11.3 Å². The van der Waals surface area contributed by atoms with Crippen LogP contribution >= 0.6 is 0 Å². The van der Waals surface area contributed by atoms with Gasteiger partial charge in [0.2, 0.25) is 0 Å². The second kappa shape index (κ2) is 10.1. The molecule has 1 unspecified atom stereocenters. The minimum atomic E-state index is -0.792. The fourth-order valence-corrected chi connectivity index (χ4v) is 4.37. The maximum absolute atomic E-state index is 13.4. The Labute approximate surface area is 205 Å². The largest absolute Gasteiger partial charge is 0.507 e. The summed E-state index contributed by atoms with van der Waals surface area (Å²) in [5.74, 6) is -0.748. The fraction of sp³-hybridized carbons (Fsp3) is 0.241. The van der Waals surface area contributed by atoms with Crippen molar-refractivity contribution in [2.75, 3.05) is 18.1 Å². The predicted octanol–water partition coefficient (Wildman–Crippen LogP) is 5.73. The Bertz CT molecular complexity index is 1290. The number of benzene rings is 3. The Morgan fingerprint density at radius 1 is 0.914 bits per heavy atom. The number of amides is 1. The molecule has 0 saturated carbocycles. The number of anilines is 1. The van der Waals surface area contributed by atoms with Crippen molar-refractivity contribution in [3.05, 3.63) is 94.6 Å². The first kappa shape index (κ1) is 24.1. The summed E-state index contributed by atoms with van der Waals surface area (Å²) in [6.07, 6.45) is 0. The Morgan fingerprint density at radius 2 is 1.60 bits per heavy atom. The predicted molar refractivity (Wildman–Crippen MR) is 136 cm³/mol. The van der Waals surface area contributed by atoms with E-state index in [1.165, 1.54) is 4.90 Å². The van der Waals surface area contributed by atoms with Gasteiger partial charge in [-0.15, -0.1) is 0 Å². The number of Topliss-reactive ketones (excluding diaryl/α,β-unsaturated/α-hetero) is 1.